The number of nitrogens with zero attached hydrogens (tertiary/aromatic N) is 3. The number of rotatable bonds is 3. The van der Waals surface area contributed by atoms with Crippen LogP contribution in [0.3, 0.4) is 0 Å². The number of aryl methyl sites for hydroxylation is 1. The van der Waals surface area contributed by atoms with Gasteiger partial charge in [0, 0.05) is 49.9 Å². The van der Waals surface area contributed by atoms with Gasteiger partial charge in [0.05, 0.1) is 0 Å². The molecule has 3 heterocycles. The lowest BCUT2D eigenvalue weighted by Gasteiger charge is -2.28. The number of aromatic nitrogens is 3. The van der Waals surface area contributed by atoms with Crippen molar-refractivity contribution in [1.82, 2.24) is 19.4 Å². The highest BCUT2D eigenvalue weighted by molar-refractivity contribution is 5.97. The Bertz CT molecular complexity index is 814. The third kappa shape index (κ3) is 2.63. The molecular formula is C18H20N4O. The van der Waals surface area contributed by atoms with E-state index in [4.69, 9.17) is 0 Å². The molecule has 1 aliphatic rings. The SMILES string of the molecule is CN(C[C@H]1CCc2nccn2C1)C(=O)c1cc2ccccc2[nH]1. The predicted molar refractivity (Wildman–Crippen MR) is 89.3 cm³/mol. The largest absolute Gasteiger partial charge is 0.351 e. The fraction of sp³-hybridized carbons (Fsp3) is 0.333. The summed E-state index contributed by atoms with van der Waals surface area (Å²) >= 11 is 0. The molecule has 0 saturated heterocycles. The van der Waals surface area contributed by atoms with E-state index in [9.17, 15) is 4.79 Å². The van der Waals surface area contributed by atoms with Crippen LogP contribution in [0.4, 0.5) is 0 Å². The normalized spacial score (nSPS) is 17.2. The summed E-state index contributed by atoms with van der Waals surface area (Å²) in [5.74, 6) is 1.69. The van der Waals surface area contributed by atoms with Crippen LogP contribution >= 0.6 is 0 Å². The smallest absolute Gasteiger partial charge is 0.270 e. The molecule has 0 saturated carbocycles. The minimum atomic E-state index is 0.0534. The molecule has 1 N–H and O–H groups in total. The second-order valence-electron chi connectivity index (χ2n) is 6.36. The average Bonchev–Trinajstić information content (AvgIpc) is 3.19. The van der Waals surface area contributed by atoms with Crippen LogP contribution in [0.25, 0.3) is 10.9 Å². The van der Waals surface area contributed by atoms with Crippen molar-refractivity contribution < 1.29 is 4.79 Å². The van der Waals surface area contributed by atoms with Gasteiger partial charge in [-0.15, -0.1) is 0 Å². The van der Waals surface area contributed by atoms with Crippen molar-refractivity contribution in [3.05, 3.63) is 54.2 Å². The molecule has 5 nitrogen and oxygen atoms in total. The maximum Gasteiger partial charge on any atom is 0.270 e. The molecular weight excluding hydrogens is 288 g/mol. The molecule has 0 aliphatic carbocycles. The number of carbonyl (C=O) groups excluding carboxylic acids is 1. The van der Waals surface area contributed by atoms with Gasteiger partial charge in [-0.1, -0.05) is 18.2 Å². The van der Waals surface area contributed by atoms with E-state index in [2.05, 4.69) is 14.5 Å². The molecule has 1 atom stereocenters. The number of imidazole rings is 1. The summed E-state index contributed by atoms with van der Waals surface area (Å²) in [6.07, 6.45) is 5.96. The molecule has 0 fully saturated rings. The topological polar surface area (TPSA) is 53.9 Å². The molecule has 2 aromatic heterocycles. The fourth-order valence-electron chi connectivity index (χ4n) is 3.45. The number of hydrogen-bond acceptors (Lipinski definition) is 2. The van der Waals surface area contributed by atoms with Crippen LogP contribution < -0.4 is 0 Å². The molecule has 118 valence electrons. The van der Waals surface area contributed by atoms with Crippen molar-refractivity contribution in [3.63, 3.8) is 0 Å². The van der Waals surface area contributed by atoms with Crippen LogP contribution in [0.1, 0.15) is 22.7 Å². The first kappa shape index (κ1) is 14.1. The number of aromatic amines is 1. The second kappa shape index (κ2) is 5.57. The average molecular weight is 308 g/mol. The van der Waals surface area contributed by atoms with Gasteiger partial charge in [-0.25, -0.2) is 4.98 Å². The second-order valence-corrected chi connectivity index (χ2v) is 6.36. The Morgan fingerprint density at radius 3 is 3.17 bits per heavy atom. The molecule has 0 bridgehead atoms. The molecule has 0 radical (unpaired) electrons. The number of carbonyl (C=O) groups is 1. The number of H-pyrrole nitrogens is 1. The molecule has 23 heavy (non-hydrogen) atoms. The number of fused-ring (bicyclic) bond motifs is 2. The minimum absolute atomic E-state index is 0.0534. The van der Waals surface area contributed by atoms with E-state index in [1.807, 2.05) is 54.7 Å². The summed E-state index contributed by atoms with van der Waals surface area (Å²) in [6.45, 7) is 1.71. The standard InChI is InChI=1S/C18H20N4O/c1-21(11-13-6-7-17-19-8-9-22(17)12-13)18(23)16-10-14-4-2-3-5-15(14)20-16/h2-5,8-10,13,20H,6-7,11-12H2,1H3/t13-/m1/s1. The molecule has 1 amide bonds. The van der Waals surface area contributed by atoms with Gasteiger partial charge in [-0.2, -0.15) is 0 Å². The zero-order valence-electron chi connectivity index (χ0n) is 13.2. The fourth-order valence-corrected chi connectivity index (χ4v) is 3.45. The molecule has 1 aliphatic heterocycles. The van der Waals surface area contributed by atoms with Crippen LogP contribution in [0.2, 0.25) is 0 Å². The third-order valence-electron chi connectivity index (χ3n) is 4.67. The van der Waals surface area contributed by atoms with E-state index in [1.54, 1.807) is 0 Å². The van der Waals surface area contributed by atoms with Gasteiger partial charge in [0.2, 0.25) is 0 Å². The van der Waals surface area contributed by atoms with Gasteiger partial charge in [-0.3, -0.25) is 4.79 Å². The van der Waals surface area contributed by atoms with Crippen molar-refractivity contribution in [1.29, 1.82) is 0 Å². The highest BCUT2D eigenvalue weighted by Crippen LogP contribution is 2.21. The van der Waals surface area contributed by atoms with Gasteiger partial charge in [0.25, 0.3) is 5.91 Å². The zero-order chi connectivity index (χ0) is 15.8. The van der Waals surface area contributed by atoms with Crippen LogP contribution in [0.5, 0.6) is 0 Å². The molecule has 0 unspecified atom stereocenters. The first-order valence-corrected chi connectivity index (χ1v) is 8.04. The molecule has 0 spiro atoms. The number of para-hydroxylation sites is 1. The van der Waals surface area contributed by atoms with E-state index < -0.39 is 0 Å². The van der Waals surface area contributed by atoms with Crippen molar-refractivity contribution in [2.75, 3.05) is 13.6 Å². The minimum Gasteiger partial charge on any atom is -0.351 e. The Balaban J connectivity index is 1.46. The van der Waals surface area contributed by atoms with Crippen molar-refractivity contribution in [3.8, 4) is 0 Å². The Morgan fingerprint density at radius 2 is 2.30 bits per heavy atom. The quantitative estimate of drug-likeness (QED) is 0.809. The van der Waals surface area contributed by atoms with Crippen molar-refractivity contribution in [2.45, 2.75) is 19.4 Å². The number of hydrogen-bond donors (Lipinski definition) is 1. The van der Waals surface area contributed by atoms with E-state index >= 15 is 0 Å². The maximum absolute atomic E-state index is 12.7. The summed E-state index contributed by atoms with van der Waals surface area (Å²) in [6, 6.07) is 9.90. The summed E-state index contributed by atoms with van der Waals surface area (Å²) in [5, 5.41) is 1.07. The van der Waals surface area contributed by atoms with Gasteiger partial charge in [0.15, 0.2) is 0 Å². The number of amides is 1. The zero-order valence-corrected chi connectivity index (χ0v) is 13.2. The Labute approximate surface area is 134 Å². The third-order valence-corrected chi connectivity index (χ3v) is 4.67. The summed E-state index contributed by atoms with van der Waals surface area (Å²) < 4.78 is 2.20. The highest BCUT2D eigenvalue weighted by atomic mass is 16.2. The Hall–Kier alpha value is -2.56. The lowest BCUT2D eigenvalue weighted by Crippen LogP contribution is -2.35. The first-order chi connectivity index (χ1) is 11.2. The van der Waals surface area contributed by atoms with Crippen LogP contribution in [-0.4, -0.2) is 38.9 Å². The van der Waals surface area contributed by atoms with Gasteiger partial charge in [0.1, 0.15) is 11.5 Å². The van der Waals surface area contributed by atoms with Gasteiger partial charge >= 0.3 is 0 Å². The number of nitrogens with one attached hydrogen (secondary N) is 1. The lowest BCUT2D eigenvalue weighted by atomic mass is 9.99. The van der Waals surface area contributed by atoms with Crippen molar-refractivity contribution in [2.24, 2.45) is 5.92 Å². The summed E-state index contributed by atoms with van der Waals surface area (Å²) in [4.78, 5) is 22.1. The van der Waals surface area contributed by atoms with E-state index in [0.29, 0.717) is 11.6 Å². The summed E-state index contributed by atoms with van der Waals surface area (Å²) in [5.41, 5.74) is 1.66. The first-order valence-electron chi connectivity index (χ1n) is 8.04. The van der Waals surface area contributed by atoms with E-state index in [1.165, 1.54) is 0 Å². The number of benzene rings is 1. The van der Waals surface area contributed by atoms with E-state index in [0.717, 1.165) is 42.7 Å². The van der Waals surface area contributed by atoms with Gasteiger partial charge in [-0.05, 0) is 24.5 Å². The Kier molecular flexibility index (Phi) is 3.41. The molecule has 5 heteroatoms. The van der Waals surface area contributed by atoms with E-state index in [-0.39, 0.29) is 5.91 Å². The molecule has 1 aromatic carbocycles. The van der Waals surface area contributed by atoms with Crippen molar-refractivity contribution >= 4 is 16.8 Å². The van der Waals surface area contributed by atoms with Gasteiger partial charge < -0.3 is 14.5 Å². The lowest BCUT2D eigenvalue weighted by molar-refractivity contribution is 0.0755. The summed E-state index contributed by atoms with van der Waals surface area (Å²) in [7, 11) is 1.89. The maximum atomic E-state index is 12.7. The predicted octanol–water partition coefficient (Wildman–Crippen LogP) is 2.70. The van der Waals surface area contributed by atoms with Crippen LogP contribution in [0, 0.1) is 5.92 Å². The van der Waals surface area contributed by atoms with Crippen LogP contribution in [-0.2, 0) is 13.0 Å². The highest BCUT2D eigenvalue weighted by Gasteiger charge is 2.23. The molecule has 3 aromatic rings. The Morgan fingerprint density at radius 1 is 1.43 bits per heavy atom. The monoisotopic (exact) mass is 308 g/mol. The van der Waals surface area contributed by atoms with Crippen LogP contribution in [0.15, 0.2) is 42.7 Å². The molecule has 4 rings (SSSR count).